The average molecular weight is 443 g/mol. The van der Waals surface area contributed by atoms with Crippen molar-refractivity contribution in [2.45, 2.75) is 30.8 Å². The summed E-state index contributed by atoms with van der Waals surface area (Å²) in [4.78, 5) is 29.9. The van der Waals surface area contributed by atoms with E-state index >= 15 is 0 Å². The van der Waals surface area contributed by atoms with Crippen molar-refractivity contribution in [1.29, 1.82) is 5.26 Å². The number of nitriles is 1. The van der Waals surface area contributed by atoms with Gasteiger partial charge in [0.1, 0.15) is 17.1 Å². The molecule has 1 fully saturated rings. The lowest BCUT2D eigenvalue weighted by molar-refractivity contribution is -0.123. The first-order chi connectivity index (χ1) is 14.4. The fourth-order valence-corrected chi connectivity index (χ4v) is 3.42. The lowest BCUT2D eigenvalue weighted by atomic mass is 10.1. The van der Waals surface area contributed by atoms with Crippen LogP contribution >= 0.6 is 23.2 Å². The number of nitrogens with one attached hydrogen (secondary N) is 2. The molecule has 152 valence electrons. The van der Waals surface area contributed by atoms with Crippen molar-refractivity contribution < 1.29 is 14.0 Å². The Morgan fingerprint density at radius 2 is 2.00 bits per heavy atom. The van der Waals surface area contributed by atoms with E-state index in [0.29, 0.717) is 39.6 Å². The van der Waals surface area contributed by atoms with Gasteiger partial charge < -0.3 is 15.1 Å². The first kappa shape index (κ1) is 20.2. The minimum Gasteiger partial charge on any atom is -0.439 e. The van der Waals surface area contributed by atoms with Gasteiger partial charge in [0.15, 0.2) is 11.5 Å². The number of fused-ring (bicyclic) bond motifs is 1. The number of aromatic nitrogens is 1. The lowest BCUT2D eigenvalue weighted by Crippen LogP contribution is -2.51. The number of carbonyl (C=O) groups is 2. The number of carbonyl (C=O) groups excluding carboxylic acids is 2. The highest BCUT2D eigenvalue weighted by Gasteiger charge is 2.45. The van der Waals surface area contributed by atoms with E-state index in [1.807, 2.05) is 0 Å². The molecule has 1 aromatic heterocycles. The van der Waals surface area contributed by atoms with Crippen molar-refractivity contribution in [3.05, 3.63) is 64.0 Å². The van der Waals surface area contributed by atoms with Crippen molar-refractivity contribution in [2.24, 2.45) is 0 Å². The lowest BCUT2D eigenvalue weighted by Gasteiger charge is -2.19. The van der Waals surface area contributed by atoms with E-state index < -0.39 is 23.4 Å². The summed E-state index contributed by atoms with van der Waals surface area (Å²) in [6.45, 7) is 0. The second-order valence-corrected chi connectivity index (χ2v) is 7.96. The molecule has 1 aliphatic rings. The van der Waals surface area contributed by atoms with E-state index in [1.54, 1.807) is 36.4 Å². The molecular formula is C21H16Cl2N4O3. The van der Waals surface area contributed by atoms with Gasteiger partial charge in [-0.3, -0.25) is 9.59 Å². The fraction of sp³-hybridized carbons (Fsp3) is 0.238. The summed E-state index contributed by atoms with van der Waals surface area (Å²) < 4.78 is 5.70. The Balaban J connectivity index is 1.59. The Kier molecular flexibility index (Phi) is 5.37. The van der Waals surface area contributed by atoms with Gasteiger partial charge in [0.25, 0.3) is 5.91 Å². The summed E-state index contributed by atoms with van der Waals surface area (Å²) >= 11 is 12.1. The molecule has 1 aliphatic carbocycles. The van der Waals surface area contributed by atoms with Crippen molar-refractivity contribution in [1.82, 2.24) is 15.6 Å². The predicted molar refractivity (Wildman–Crippen MR) is 111 cm³/mol. The molecular weight excluding hydrogens is 427 g/mol. The van der Waals surface area contributed by atoms with Crippen LogP contribution in [0.5, 0.6) is 0 Å². The van der Waals surface area contributed by atoms with Crippen molar-refractivity contribution in [3.8, 4) is 6.07 Å². The molecule has 1 atom stereocenters. The molecule has 1 unspecified atom stereocenters. The predicted octanol–water partition coefficient (Wildman–Crippen LogP) is 3.65. The molecule has 2 amide bonds. The van der Waals surface area contributed by atoms with Crippen molar-refractivity contribution in [2.75, 3.05) is 0 Å². The molecule has 1 saturated carbocycles. The number of hydrogen-bond donors (Lipinski definition) is 2. The molecule has 3 aromatic rings. The van der Waals surface area contributed by atoms with Crippen LogP contribution in [0.25, 0.3) is 11.1 Å². The Morgan fingerprint density at radius 1 is 1.23 bits per heavy atom. The van der Waals surface area contributed by atoms with Crippen LogP contribution in [0.3, 0.4) is 0 Å². The van der Waals surface area contributed by atoms with Gasteiger partial charge in [-0.1, -0.05) is 35.3 Å². The second kappa shape index (κ2) is 7.98. The normalized spacial score (nSPS) is 15.2. The summed E-state index contributed by atoms with van der Waals surface area (Å²) in [6.07, 6.45) is 1.13. The maximum absolute atomic E-state index is 12.9. The van der Waals surface area contributed by atoms with Crippen molar-refractivity contribution in [3.63, 3.8) is 0 Å². The van der Waals surface area contributed by atoms with Gasteiger partial charge in [0, 0.05) is 10.6 Å². The molecule has 7 nitrogen and oxygen atoms in total. The number of benzene rings is 2. The largest absolute Gasteiger partial charge is 0.439 e. The molecule has 0 spiro atoms. The van der Waals surface area contributed by atoms with Crippen LogP contribution in [0.4, 0.5) is 0 Å². The molecule has 9 heteroatoms. The zero-order chi connectivity index (χ0) is 21.3. The highest BCUT2D eigenvalue weighted by molar-refractivity contribution is 6.34. The third-order valence-corrected chi connectivity index (χ3v) is 5.36. The number of para-hydroxylation sites is 1. The smallest absolute Gasteiger partial charge is 0.251 e. The second-order valence-electron chi connectivity index (χ2n) is 7.12. The summed E-state index contributed by atoms with van der Waals surface area (Å²) in [5.74, 6) is -0.724. The summed E-state index contributed by atoms with van der Waals surface area (Å²) in [5.41, 5.74) is 0.391. The van der Waals surface area contributed by atoms with Gasteiger partial charge in [-0.05, 0) is 43.2 Å². The van der Waals surface area contributed by atoms with Crippen LogP contribution in [0.2, 0.25) is 10.0 Å². The zero-order valence-corrected chi connectivity index (χ0v) is 17.1. The highest BCUT2D eigenvalue weighted by Crippen LogP contribution is 2.34. The summed E-state index contributed by atoms with van der Waals surface area (Å²) in [6, 6.07) is 12.6. The Bertz CT molecular complexity index is 1180. The number of halogens is 2. The minimum atomic E-state index is -1.01. The summed E-state index contributed by atoms with van der Waals surface area (Å²) in [7, 11) is 0. The molecule has 1 heterocycles. The van der Waals surface area contributed by atoms with E-state index in [4.69, 9.17) is 27.6 Å². The monoisotopic (exact) mass is 442 g/mol. The number of amides is 2. The van der Waals surface area contributed by atoms with Gasteiger partial charge >= 0.3 is 0 Å². The maximum atomic E-state index is 12.9. The van der Waals surface area contributed by atoms with E-state index in [-0.39, 0.29) is 12.3 Å². The van der Waals surface area contributed by atoms with E-state index in [2.05, 4.69) is 21.7 Å². The van der Waals surface area contributed by atoms with Gasteiger partial charge in [0.2, 0.25) is 5.91 Å². The average Bonchev–Trinajstić information content (AvgIpc) is 3.37. The van der Waals surface area contributed by atoms with Crippen LogP contribution < -0.4 is 10.6 Å². The molecule has 4 rings (SSSR count). The molecule has 2 aromatic carbocycles. The quantitative estimate of drug-likeness (QED) is 0.605. The Hall–Kier alpha value is -3.08. The highest BCUT2D eigenvalue weighted by atomic mass is 35.5. The Morgan fingerprint density at radius 3 is 2.67 bits per heavy atom. The number of rotatable bonds is 6. The van der Waals surface area contributed by atoms with Gasteiger partial charge in [-0.25, -0.2) is 4.98 Å². The Labute approximate surface area is 182 Å². The zero-order valence-electron chi connectivity index (χ0n) is 15.6. The van der Waals surface area contributed by atoms with Crippen molar-refractivity contribution >= 4 is 46.1 Å². The third-order valence-electron chi connectivity index (χ3n) is 4.83. The molecule has 0 bridgehead atoms. The molecule has 0 radical (unpaired) electrons. The number of nitrogens with zero attached hydrogens (tertiary/aromatic N) is 2. The standard InChI is InChI=1S/C21H16Cl2N4O3/c22-13-4-1-3-12(9-13)19(28)26-16(20(29)27-21(11-24)7-8-21)10-17-25-15-6-2-5-14(23)18(15)30-17/h1-6,9,16H,7-8,10H2,(H,26,28)(H,27,29). The molecule has 2 N–H and O–H groups in total. The third kappa shape index (κ3) is 4.25. The minimum absolute atomic E-state index is 0.00927. The number of hydrogen-bond acceptors (Lipinski definition) is 5. The SMILES string of the molecule is N#CC1(NC(=O)C(Cc2nc3cccc(Cl)c3o2)NC(=O)c2cccc(Cl)c2)CC1. The molecule has 0 saturated heterocycles. The van der Waals surface area contributed by atoms with Gasteiger partial charge in [0.05, 0.1) is 17.5 Å². The van der Waals surface area contributed by atoms with Crippen LogP contribution in [0, 0.1) is 11.3 Å². The number of oxazole rings is 1. The first-order valence-electron chi connectivity index (χ1n) is 9.23. The van der Waals surface area contributed by atoms with Crippen LogP contribution in [-0.4, -0.2) is 28.4 Å². The van der Waals surface area contributed by atoms with Crippen LogP contribution in [-0.2, 0) is 11.2 Å². The maximum Gasteiger partial charge on any atom is 0.251 e. The van der Waals surface area contributed by atoms with E-state index in [9.17, 15) is 14.9 Å². The molecule has 0 aliphatic heterocycles. The van der Waals surface area contributed by atoms with E-state index in [0.717, 1.165) is 0 Å². The van der Waals surface area contributed by atoms with E-state index in [1.165, 1.54) is 6.07 Å². The van der Waals surface area contributed by atoms with Gasteiger partial charge in [-0.15, -0.1) is 0 Å². The molecule has 30 heavy (non-hydrogen) atoms. The first-order valence-corrected chi connectivity index (χ1v) is 9.98. The fourth-order valence-electron chi connectivity index (χ4n) is 3.02. The van der Waals surface area contributed by atoms with Gasteiger partial charge in [-0.2, -0.15) is 5.26 Å². The summed E-state index contributed by atoms with van der Waals surface area (Å²) in [5, 5.41) is 15.5. The van der Waals surface area contributed by atoms with Crippen LogP contribution in [0.15, 0.2) is 46.9 Å². The topological polar surface area (TPSA) is 108 Å². The van der Waals surface area contributed by atoms with Crippen LogP contribution in [0.1, 0.15) is 29.1 Å².